The summed E-state index contributed by atoms with van der Waals surface area (Å²) in [4.78, 5) is 4.30. The summed E-state index contributed by atoms with van der Waals surface area (Å²) in [6.07, 6.45) is 7.73. The van der Waals surface area contributed by atoms with Gasteiger partial charge < -0.3 is 10.1 Å². The first-order valence-electron chi connectivity index (χ1n) is 6.13. The van der Waals surface area contributed by atoms with Crippen LogP contribution in [-0.2, 0) is 4.74 Å². The predicted octanol–water partition coefficient (Wildman–Crippen LogP) is 0.764. The van der Waals surface area contributed by atoms with Gasteiger partial charge in [0.1, 0.15) is 0 Å². The van der Waals surface area contributed by atoms with Crippen LogP contribution >= 0.6 is 0 Å². The quantitative estimate of drug-likeness (QED) is 0.166. The van der Waals surface area contributed by atoms with Crippen molar-refractivity contribution in [3.63, 3.8) is 0 Å². The summed E-state index contributed by atoms with van der Waals surface area (Å²) < 4.78 is 4.94. The fourth-order valence-electron chi connectivity index (χ4n) is 2.00. The van der Waals surface area contributed by atoms with Crippen LogP contribution in [0.15, 0.2) is 4.99 Å². The third kappa shape index (κ3) is 5.32. The molecular weight excluding hydrogens is 204 g/mol. The van der Waals surface area contributed by atoms with E-state index < -0.39 is 0 Å². The smallest absolute Gasteiger partial charge is 0.206 e. The van der Waals surface area contributed by atoms with Crippen LogP contribution in [0.1, 0.15) is 38.5 Å². The minimum Gasteiger partial charge on any atom is -0.383 e. The van der Waals surface area contributed by atoms with Gasteiger partial charge in [0, 0.05) is 13.2 Å². The summed E-state index contributed by atoms with van der Waals surface area (Å²) in [5, 5.41) is 3.36. The van der Waals surface area contributed by atoms with E-state index in [1.54, 1.807) is 7.11 Å². The largest absolute Gasteiger partial charge is 0.383 e. The number of rotatable bonds is 4. The molecule has 0 radical (unpaired) electrons. The van der Waals surface area contributed by atoms with E-state index in [1.165, 1.54) is 38.5 Å². The van der Waals surface area contributed by atoms with Gasteiger partial charge in [0.25, 0.3) is 0 Å². The number of nitrogens with one attached hydrogen (secondary N) is 2. The molecule has 0 aromatic heterocycles. The number of nitrogens with zero attached hydrogens (tertiary/aromatic N) is 1. The van der Waals surface area contributed by atoms with Gasteiger partial charge in [0.2, 0.25) is 5.96 Å². The predicted molar refractivity (Wildman–Crippen MR) is 66.1 cm³/mol. The minimum absolute atomic E-state index is 0.514. The minimum atomic E-state index is 0.514. The van der Waals surface area contributed by atoms with Crippen LogP contribution in [0.5, 0.6) is 0 Å². The van der Waals surface area contributed by atoms with Crippen molar-refractivity contribution in [2.45, 2.75) is 44.6 Å². The molecule has 0 spiro atoms. The third-order valence-corrected chi connectivity index (χ3v) is 2.90. The lowest BCUT2D eigenvalue weighted by Crippen LogP contribution is -2.46. The molecule has 0 atom stereocenters. The van der Waals surface area contributed by atoms with E-state index in [9.17, 15) is 0 Å². The second-order valence-electron chi connectivity index (χ2n) is 4.20. The van der Waals surface area contributed by atoms with E-state index in [2.05, 4.69) is 15.7 Å². The van der Waals surface area contributed by atoms with Crippen molar-refractivity contribution in [3.8, 4) is 0 Å². The lowest BCUT2D eigenvalue weighted by Gasteiger charge is -2.18. The van der Waals surface area contributed by atoms with Crippen molar-refractivity contribution in [3.05, 3.63) is 0 Å². The molecule has 0 heterocycles. The molecule has 0 aromatic carbocycles. The Morgan fingerprint density at radius 1 is 1.31 bits per heavy atom. The lowest BCUT2D eigenvalue weighted by atomic mass is 10.1. The molecule has 1 aliphatic carbocycles. The van der Waals surface area contributed by atoms with Gasteiger partial charge in [0.15, 0.2) is 0 Å². The summed E-state index contributed by atoms with van der Waals surface area (Å²) in [5.41, 5.74) is 2.61. The van der Waals surface area contributed by atoms with Crippen molar-refractivity contribution in [1.29, 1.82) is 0 Å². The van der Waals surface area contributed by atoms with E-state index in [1.807, 2.05) is 0 Å². The first-order valence-corrected chi connectivity index (χ1v) is 6.13. The van der Waals surface area contributed by atoms with Crippen LogP contribution in [0.2, 0.25) is 0 Å². The molecule has 5 heteroatoms. The Morgan fingerprint density at radius 2 is 2.00 bits per heavy atom. The summed E-state index contributed by atoms with van der Waals surface area (Å²) in [6.45, 7) is 1.26. The van der Waals surface area contributed by atoms with Gasteiger partial charge in [0.05, 0.1) is 13.2 Å². The maximum atomic E-state index is 5.43. The van der Waals surface area contributed by atoms with Crippen LogP contribution in [0.25, 0.3) is 0 Å². The van der Waals surface area contributed by atoms with E-state index in [-0.39, 0.29) is 0 Å². The number of hydrazine groups is 1. The number of methoxy groups -OCH3 is 1. The Labute approximate surface area is 97.8 Å². The molecule has 0 amide bonds. The highest BCUT2D eigenvalue weighted by Gasteiger charge is 2.12. The highest BCUT2D eigenvalue weighted by molar-refractivity contribution is 5.79. The average molecular weight is 228 g/mol. The van der Waals surface area contributed by atoms with Crippen molar-refractivity contribution in [2.24, 2.45) is 10.8 Å². The van der Waals surface area contributed by atoms with Crippen LogP contribution in [-0.4, -0.2) is 32.3 Å². The summed E-state index contributed by atoms with van der Waals surface area (Å²) in [7, 11) is 1.67. The standard InChI is InChI=1S/C11H24N4O/c1-16-9-8-13-11(15-12)14-10-6-4-2-3-5-7-10/h10H,2-9,12H2,1H3,(H2,13,14,15). The average Bonchev–Trinajstić information content (AvgIpc) is 2.56. The topological polar surface area (TPSA) is 71.7 Å². The summed E-state index contributed by atoms with van der Waals surface area (Å²) >= 11 is 0. The van der Waals surface area contributed by atoms with Gasteiger partial charge in [-0.25, -0.2) is 10.8 Å². The summed E-state index contributed by atoms with van der Waals surface area (Å²) in [6, 6.07) is 0.514. The summed E-state index contributed by atoms with van der Waals surface area (Å²) in [5.74, 6) is 6.11. The van der Waals surface area contributed by atoms with E-state index in [0.29, 0.717) is 25.2 Å². The lowest BCUT2D eigenvalue weighted by molar-refractivity contribution is 0.208. The van der Waals surface area contributed by atoms with E-state index in [0.717, 1.165) is 0 Å². The molecule has 94 valence electrons. The van der Waals surface area contributed by atoms with Crippen molar-refractivity contribution < 1.29 is 4.74 Å². The number of hydrogen-bond acceptors (Lipinski definition) is 3. The monoisotopic (exact) mass is 228 g/mol. The van der Waals surface area contributed by atoms with Crippen molar-refractivity contribution in [2.75, 3.05) is 20.3 Å². The molecule has 5 nitrogen and oxygen atoms in total. The molecule has 0 unspecified atom stereocenters. The maximum absolute atomic E-state index is 5.43. The van der Waals surface area contributed by atoms with Crippen LogP contribution in [0.4, 0.5) is 0 Å². The molecule has 16 heavy (non-hydrogen) atoms. The highest BCUT2D eigenvalue weighted by atomic mass is 16.5. The Morgan fingerprint density at radius 3 is 2.56 bits per heavy atom. The first-order chi connectivity index (χ1) is 7.86. The molecular formula is C11H24N4O. The maximum Gasteiger partial charge on any atom is 0.206 e. The molecule has 0 saturated heterocycles. The Kier molecular flexibility index (Phi) is 6.92. The van der Waals surface area contributed by atoms with Crippen molar-refractivity contribution >= 4 is 5.96 Å². The van der Waals surface area contributed by atoms with Crippen LogP contribution < -0.4 is 16.6 Å². The number of nitrogens with two attached hydrogens (primary N) is 1. The van der Waals surface area contributed by atoms with Gasteiger partial charge in [-0.15, -0.1) is 0 Å². The second kappa shape index (κ2) is 8.35. The number of hydrogen-bond donors (Lipinski definition) is 3. The normalized spacial score (nSPS) is 19.2. The number of aliphatic imine (C=N–C) groups is 1. The fourth-order valence-corrected chi connectivity index (χ4v) is 2.00. The van der Waals surface area contributed by atoms with E-state index in [4.69, 9.17) is 10.6 Å². The molecule has 1 fully saturated rings. The highest BCUT2D eigenvalue weighted by Crippen LogP contribution is 2.16. The number of guanidine groups is 1. The Balaban J connectivity index is 2.32. The van der Waals surface area contributed by atoms with Crippen molar-refractivity contribution in [1.82, 2.24) is 10.7 Å². The zero-order chi connectivity index (χ0) is 11.6. The van der Waals surface area contributed by atoms with E-state index >= 15 is 0 Å². The number of ether oxygens (including phenoxy) is 1. The second-order valence-corrected chi connectivity index (χ2v) is 4.20. The molecule has 0 aromatic rings. The molecule has 1 saturated carbocycles. The molecule has 4 N–H and O–H groups in total. The fraction of sp³-hybridized carbons (Fsp3) is 0.909. The molecule has 0 bridgehead atoms. The first kappa shape index (κ1) is 13.3. The van der Waals surface area contributed by atoms with Gasteiger partial charge in [-0.2, -0.15) is 0 Å². The zero-order valence-corrected chi connectivity index (χ0v) is 10.2. The van der Waals surface area contributed by atoms with Gasteiger partial charge in [-0.1, -0.05) is 25.7 Å². The van der Waals surface area contributed by atoms with Gasteiger partial charge in [-0.05, 0) is 12.8 Å². The third-order valence-electron chi connectivity index (χ3n) is 2.90. The van der Waals surface area contributed by atoms with Crippen LogP contribution in [0, 0.1) is 0 Å². The van der Waals surface area contributed by atoms with Crippen LogP contribution in [0.3, 0.4) is 0 Å². The van der Waals surface area contributed by atoms with Gasteiger partial charge in [-0.3, -0.25) is 5.43 Å². The Bertz CT molecular complexity index is 200. The van der Waals surface area contributed by atoms with Gasteiger partial charge >= 0.3 is 0 Å². The molecule has 0 aliphatic heterocycles. The molecule has 1 rings (SSSR count). The zero-order valence-electron chi connectivity index (χ0n) is 10.2. The molecule has 1 aliphatic rings. The Hall–Kier alpha value is -0.810. The SMILES string of the molecule is COCCN=C(NN)NC1CCCCCC1.